The smallest absolute Gasteiger partial charge is 0.329 e. The van der Waals surface area contributed by atoms with Crippen LogP contribution in [0.5, 0.6) is 0 Å². The molecule has 0 spiro atoms. The second kappa shape index (κ2) is 20.9. The van der Waals surface area contributed by atoms with E-state index in [1.165, 1.54) is 12.8 Å². The Morgan fingerprint density at radius 2 is 1.03 bits per heavy atom. The third-order valence-electron chi connectivity index (χ3n) is 16.3. The Kier molecular flexibility index (Phi) is 15.1. The maximum Gasteiger partial charge on any atom is 0.329 e. The number of nitrogens with zero attached hydrogens (tertiary/aromatic N) is 4. The van der Waals surface area contributed by atoms with Gasteiger partial charge in [0.25, 0.3) is 11.8 Å². The Bertz CT molecular complexity index is 2960. The molecule has 0 saturated carbocycles. The fourth-order valence-corrected chi connectivity index (χ4v) is 15.2. The molecule has 6 aliphatic rings. The molecule has 1 N–H and O–H groups in total. The summed E-state index contributed by atoms with van der Waals surface area (Å²) in [5.41, 5.74) is 5.33. The fraction of sp³-hybridized carbons (Fsp3) is 0.630. The van der Waals surface area contributed by atoms with Gasteiger partial charge in [0.1, 0.15) is 17.7 Å². The van der Waals surface area contributed by atoms with E-state index < -0.39 is 43.7 Å². The molecule has 4 aliphatic heterocycles. The zero-order chi connectivity index (χ0) is 51.3. The number of rotatable bonds is 10. The number of carbonyl (C=O) groups is 4. The number of amides is 2. The number of fused-ring (bicyclic) bond motifs is 6. The predicted octanol–water partition coefficient (Wildman–Crippen LogP) is 7.38. The van der Waals surface area contributed by atoms with Crippen molar-refractivity contribution in [3.8, 4) is 0 Å². The highest BCUT2D eigenvalue weighted by Crippen LogP contribution is 2.43. The molecule has 10 rings (SSSR count). The molecule has 16 nitrogen and oxygen atoms in total. The monoisotopic (exact) mass is 1030 g/mol. The molecule has 4 saturated heterocycles. The molecule has 18 heteroatoms. The van der Waals surface area contributed by atoms with E-state index in [1.807, 2.05) is 26.8 Å². The third kappa shape index (κ3) is 10.2. The number of ether oxygens (including phenoxy) is 3. The molecule has 0 bridgehead atoms. The van der Waals surface area contributed by atoms with Gasteiger partial charge in [0.15, 0.2) is 0 Å². The van der Waals surface area contributed by atoms with E-state index in [2.05, 4.69) is 0 Å². The van der Waals surface area contributed by atoms with Crippen LogP contribution in [-0.2, 0) is 69.5 Å². The first-order valence-electron chi connectivity index (χ1n) is 26.3. The van der Waals surface area contributed by atoms with Gasteiger partial charge in [-0.15, -0.1) is 0 Å². The lowest BCUT2D eigenvalue weighted by molar-refractivity contribution is -0.159. The van der Waals surface area contributed by atoms with E-state index in [1.54, 1.807) is 49.1 Å². The zero-order valence-corrected chi connectivity index (χ0v) is 44.2. The summed E-state index contributed by atoms with van der Waals surface area (Å²) in [5, 5.41) is 11.2. The number of esters is 1. The van der Waals surface area contributed by atoms with Crippen LogP contribution in [-0.4, -0.2) is 132 Å². The fourth-order valence-electron chi connectivity index (χ4n) is 12.7. The van der Waals surface area contributed by atoms with E-state index in [-0.39, 0.29) is 29.3 Å². The quantitative estimate of drug-likeness (QED) is 0.155. The summed E-state index contributed by atoms with van der Waals surface area (Å²) < 4.78 is 72.3. The summed E-state index contributed by atoms with van der Waals surface area (Å²) in [7, 11) is -7.02. The molecule has 2 aromatic carbocycles. The summed E-state index contributed by atoms with van der Waals surface area (Å²) in [6.07, 6.45) is 11.5. The number of hydrogen-bond donors (Lipinski definition) is 1. The van der Waals surface area contributed by atoms with Crippen LogP contribution in [0.3, 0.4) is 0 Å². The number of carboxylic acids is 1. The van der Waals surface area contributed by atoms with Gasteiger partial charge in [-0.1, -0.05) is 0 Å². The topological polar surface area (TPSA) is 201 Å². The van der Waals surface area contributed by atoms with Gasteiger partial charge in [-0.25, -0.2) is 34.4 Å². The van der Waals surface area contributed by atoms with Crippen LogP contribution < -0.4 is 0 Å². The van der Waals surface area contributed by atoms with Gasteiger partial charge in [-0.2, -0.15) is 0 Å². The second-order valence-corrected chi connectivity index (χ2v) is 25.9. The van der Waals surface area contributed by atoms with Crippen molar-refractivity contribution in [3.63, 3.8) is 0 Å². The van der Waals surface area contributed by atoms with Gasteiger partial charge < -0.3 is 29.1 Å². The van der Waals surface area contributed by atoms with Crippen molar-refractivity contribution >= 4 is 65.6 Å². The molecule has 4 atom stereocenters. The number of carboxylic acid groups (broad SMARTS) is 1. The van der Waals surface area contributed by atoms with Crippen molar-refractivity contribution in [3.05, 3.63) is 70.0 Å². The Morgan fingerprint density at radius 3 is 1.43 bits per heavy atom. The normalized spacial score (nSPS) is 23.4. The second-order valence-electron chi connectivity index (χ2n) is 21.7. The first-order chi connectivity index (χ1) is 34.3. The van der Waals surface area contributed by atoms with Crippen LogP contribution >= 0.6 is 0 Å². The predicted molar refractivity (Wildman–Crippen MR) is 273 cm³/mol. The number of carbonyl (C=O) groups excluding carboxylic acids is 3. The van der Waals surface area contributed by atoms with Gasteiger partial charge in [-0.3, -0.25) is 9.59 Å². The van der Waals surface area contributed by atoms with E-state index in [0.29, 0.717) is 91.0 Å². The van der Waals surface area contributed by atoms with Gasteiger partial charge in [0.2, 0.25) is 20.0 Å². The Balaban J connectivity index is 0.000000179. The molecule has 0 radical (unpaired) electrons. The van der Waals surface area contributed by atoms with Crippen LogP contribution in [0.4, 0.5) is 0 Å². The lowest BCUT2D eigenvalue weighted by Crippen LogP contribution is -2.43. The summed E-state index contributed by atoms with van der Waals surface area (Å²) in [4.78, 5) is 54.5. The van der Waals surface area contributed by atoms with Gasteiger partial charge >= 0.3 is 11.9 Å². The van der Waals surface area contributed by atoms with Crippen molar-refractivity contribution in [1.82, 2.24) is 17.7 Å². The minimum absolute atomic E-state index is 0.00135. The molecular weight excluding hydrogens is 961 g/mol. The minimum atomic E-state index is -3.51. The highest BCUT2D eigenvalue weighted by atomic mass is 32.2. The van der Waals surface area contributed by atoms with E-state index in [9.17, 15) is 41.1 Å². The Hall–Kier alpha value is -4.78. The highest BCUT2D eigenvalue weighted by Gasteiger charge is 2.40. The summed E-state index contributed by atoms with van der Waals surface area (Å²) in [6.45, 7) is 12.8. The van der Waals surface area contributed by atoms with Crippen molar-refractivity contribution in [1.29, 1.82) is 0 Å². The average Bonchev–Trinajstić information content (AvgIpc) is 4.20. The molecular formula is C54H72N4O12S2. The van der Waals surface area contributed by atoms with Crippen LogP contribution in [0.25, 0.3) is 21.8 Å². The molecule has 2 aromatic heterocycles. The van der Waals surface area contributed by atoms with Crippen LogP contribution in [0.1, 0.15) is 142 Å². The number of aromatic nitrogens is 2. The SMILES string of the molecule is CCS(=O)(=O)n1c2c(c3cc(C(=O)N4CCC[C@@H]4C(=O)O)ccc31)CC(C1CCOCC1)CC2.CCS(=O)(=O)n1c2c(c3cc(C(=O)N4CCC[C@@H]4C(=O)OC(C)(C)C)ccc31)CC(C1CCOCC1)CC2. The lowest BCUT2D eigenvalue weighted by Gasteiger charge is -2.33. The number of aliphatic carboxylic acids is 1. The molecule has 6 heterocycles. The Labute approximate surface area is 423 Å². The van der Waals surface area contributed by atoms with Crippen molar-refractivity contribution in [2.24, 2.45) is 23.7 Å². The minimum Gasteiger partial charge on any atom is -0.480 e. The summed E-state index contributed by atoms with van der Waals surface area (Å²) in [5.74, 6) is 0.222. The van der Waals surface area contributed by atoms with E-state index in [4.69, 9.17) is 14.2 Å². The number of benzene rings is 2. The third-order valence-corrected chi connectivity index (χ3v) is 19.7. The maximum atomic E-state index is 13.7. The average molecular weight is 1030 g/mol. The molecule has 2 aliphatic carbocycles. The van der Waals surface area contributed by atoms with Gasteiger partial charge in [0.05, 0.1) is 22.5 Å². The van der Waals surface area contributed by atoms with Crippen LogP contribution in [0, 0.1) is 23.7 Å². The molecule has 4 aromatic rings. The first kappa shape index (κ1) is 52.1. The van der Waals surface area contributed by atoms with Crippen molar-refractivity contribution in [2.75, 3.05) is 51.0 Å². The first-order valence-corrected chi connectivity index (χ1v) is 29.6. The molecule has 2 unspecified atom stereocenters. The van der Waals surface area contributed by atoms with Crippen molar-refractivity contribution in [2.45, 2.75) is 142 Å². The standard InChI is InChI=1S/C29H40N2O6S.C25H32N2O6S/c1-5-38(34,35)31-24-10-8-20(19-12-15-36-16-13-19)17-22(24)23-18-21(9-11-25(23)31)27(32)30-14-6-7-26(30)28(33)37-29(2,3)4;1-2-34(31,32)27-21-7-5-17(16-9-12-33-13-10-16)14-19(21)20-15-18(6-8-22(20)27)24(28)26-11-3-4-23(26)25(29)30/h9,11,18-20,26H,5-8,10,12-17H2,1-4H3;6,8,15-17,23H,2-5,7,9-14H2,1H3,(H,29,30)/t20?,26-;17?,23-/m11/s1. The van der Waals surface area contributed by atoms with Gasteiger partial charge in [-0.05, 0) is 196 Å². The Morgan fingerprint density at radius 1 is 0.611 bits per heavy atom. The highest BCUT2D eigenvalue weighted by molar-refractivity contribution is 7.90. The van der Waals surface area contributed by atoms with Crippen LogP contribution in [0.15, 0.2) is 36.4 Å². The number of likely N-dealkylation sites (tertiary alicyclic amines) is 2. The molecule has 2 amide bonds. The van der Waals surface area contributed by atoms with Gasteiger partial charge in [0, 0.05) is 72.8 Å². The summed E-state index contributed by atoms with van der Waals surface area (Å²) >= 11 is 0. The molecule has 4 fully saturated rings. The molecule has 392 valence electrons. The van der Waals surface area contributed by atoms with Crippen molar-refractivity contribution < 1.29 is 55.3 Å². The molecule has 72 heavy (non-hydrogen) atoms. The van der Waals surface area contributed by atoms with E-state index >= 15 is 0 Å². The number of hydrogen-bond acceptors (Lipinski definition) is 11. The largest absolute Gasteiger partial charge is 0.480 e. The van der Waals surface area contributed by atoms with Crippen LogP contribution in [0.2, 0.25) is 0 Å². The lowest BCUT2D eigenvalue weighted by atomic mass is 9.75. The van der Waals surface area contributed by atoms with E-state index in [0.717, 1.165) is 118 Å². The maximum absolute atomic E-state index is 13.7. The summed E-state index contributed by atoms with van der Waals surface area (Å²) in [6, 6.07) is 9.09. The zero-order valence-electron chi connectivity index (χ0n) is 42.5.